The Morgan fingerprint density at radius 3 is 3.03 bits per heavy atom. The number of aromatic amines is 1. The highest BCUT2D eigenvalue weighted by molar-refractivity contribution is 6.00. The van der Waals surface area contributed by atoms with Crippen molar-refractivity contribution in [3.05, 3.63) is 46.5 Å². The molecular weight excluding hydrogens is 398 g/mol. The number of nitrogens with one attached hydrogen (secondary N) is 4. The van der Waals surface area contributed by atoms with Gasteiger partial charge in [0.1, 0.15) is 22.9 Å². The predicted octanol–water partition coefficient (Wildman–Crippen LogP) is 2.14. The Balaban J connectivity index is 1.55. The van der Waals surface area contributed by atoms with Gasteiger partial charge in [-0.3, -0.25) is 9.59 Å². The van der Waals surface area contributed by atoms with Crippen LogP contribution >= 0.6 is 0 Å². The molecule has 1 amide bonds. The number of carbonyl (C=O) groups excluding carboxylic acids is 1. The molecule has 0 aliphatic heterocycles. The average molecular weight is 425 g/mol. The van der Waals surface area contributed by atoms with E-state index in [9.17, 15) is 9.59 Å². The molecule has 10 heteroatoms. The minimum absolute atomic E-state index is 0.223. The number of hydrogen-bond acceptors (Lipinski definition) is 7. The number of methoxy groups -OCH3 is 1. The van der Waals surface area contributed by atoms with Crippen LogP contribution in [0, 0.1) is 5.92 Å². The predicted molar refractivity (Wildman–Crippen MR) is 118 cm³/mol. The number of rotatable bonds is 7. The smallest absolute Gasteiger partial charge is 0.271 e. The maximum atomic E-state index is 12.9. The molecule has 2 atom stereocenters. The van der Waals surface area contributed by atoms with Gasteiger partial charge in [0.05, 0.1) is 12.3 Å². The van der Waals surface area contributed by atoms with Crippen LogP contribution < -0.4 is 21.5 Å². The topological polar surface area (TPSA) is 125 Å². The Bertz CT molecular complexity index is 1120. The monoisotopic (exact) mass is 425 g/mol. The molecular formula is C21H27N7O3. The van der Waals surface area contributed by atoms with Gasteiger partial charge in [-0.1, -0.05) is 6.42 Å². The highest BCUT2D eigenvalue weighted by Gasteiger charge is 2.23. The third-order valence-corrected chi connectivity index (χ3v) is 5.67. The normalized spacial score (nSPS) is 18.6. The molecule has 1 fully saturated rings. The summed E-state index contributed by atoms with van der Waals surface area (Å²) in [5.74, 6) is 1.23. The van der Waals surface area contributed by atoms with E-state index >= 15 is 0 Å². The fourth-order valence-corrected chi connectivity index (χ4v) is 4.00. The molecule has 0 radical (unpaired) electrons. The minimum Gasteiger partial charge on any atom is -0.381 e. The van der Waals surface area contributed by atoms with Crippen molar-refractivity contribution in [2.45, 2.75) is 31.8 Å². The number of pyridine rings is 1. The molecule has 1 aliphatic rings. The maximum Gasteiger partial charge on any atom is 0.271 e. The Hall–Kier alpha value is -3.40. The van der Waals surface area contributed by atoms with Crippen molar-refractivity contribution in [1.29, 1.82) is 0 Å². The third kappa shape index (κ3) is 4.53. The molecule has 0 spiro atoms. The van der Waals surface area contributed by atoms with Gasteiger partial charge >= 0.3 is 0 Å². The first-order chi connectivity index (χ1) is 15.1. The SMILES string of the molecule is CNc1cc(Nc2ccc[nH]c2=O)nc2c(C(=O)NC[C@@H]3CCC[C@@H](OC)C3)cnn12. The van der Waals surface area contributed by atoms with Crippen LogP contribution in [-0.4, -0.2) is 52.3 Å². The van der Waals surface area contributed by atoms with Crippen LogP contribution in [-0.2, 0) is 4.74 Å². The molecule has 10 nitrogen and oxygen atoms in total. The zero-order valence-electron chi connectivity index (χ0n) is 17.6. The number of fused-ring (bicyclic) bond motifs is 1. The number of ether oxygens (including phenoxy) is 1. The summed E-state index contributed by atoms with van der Waals surface area (Å²) in [6, 6.07) is 5.10. The van der Waals surface area contributed by atoms with E-state index in [1.54, 1.807) is 43.1 Å². The van der Waals surface area contributed by atoms with Gasteiger partial charge in [-0.25, -0.2) is 4.98 Å². The second-order valence-electron chi connectivity index (χ2n) is 7.71. The second kappa shape index (κ2) is 9.17. The molecule has 0 saturated heterocycles. The van der Waals surface area contributed by atoms with E-state index in [2.05, 4.69) is 31.0 Å². The van der Waals surface area contributed by atoms with Crippen LogP contribution in [0.4, 0.5) is 17.3 Å². The molecule has 0 bridgehead atoms. The van der Waals surface area contributed by atoms with E-state index in [1.807, 2.05) is 0 Å². The summed E-state index contributed by atoms with van der Waals surface area (Å²) in [5.41, 5.74) is 0.874. The molecule has 4 N–H and O–H groups in total. The van der Waals surface area contributed by atoms with Crippen LogP contribution in [0.2, 0.25) is 0 Å². The van der Waals surface area contributed by atoms with Gasteiger partial charge < -0.3 is 25.7 Å². The molecule has 164 valence electrons. The molecule has 4 rings (SSSR count). The Morgan fingerprint density at radius 1 is 1.39 bits per heavy atom. The zero-order valence-corrected chi connectivity index (χ0v) is 17.6. The van der Waals surface area contributed by atoms with Gasteiger partial charge in [0, 0.05) is 33.0 Å². The molecule has 3 aromatic heterocycles. The standard InChI is InChI=1S/C21H27N7O3/c1-22-18-10-17(26-16-7-4-8-23-21(16)30)27-19-15(12-25-28(18)19)20(29)24-11-13-5-3-6-14(9-13)31-2/h4,7-8,10,12-14,22H,3,5-6,9,11H2,1-2H3,(H,23,30)(H,24,29)(H,26,27)/t13-,14-/m1/s1. The summed E-state index contributed by atoms with van der Waals surface area (Å²) in [5, 5.41) is 13.4. The van der Waals surface area contributed by atoms with E-state index in [1.165, 1.54) is 6.20 Å². The first-order valence-corrected chi connectivity index (χ1v) is 10.4. The lowest BCUT2D eigenvalue weighted by Gasteiger charge is -2.28. The highest BCUT2D eigenvalue weighted by Crippen LogP contribution is 2.26. The van der Waals surface area contributed by atoms with E-state index in [0.717, 1.165) is 25.7 Å². The first kappa shape index (κ1) is 20.9. The number of nitrogens with zero attached hydrogens (tertiary/aromatic N) is 3. The van der Waals surface area contributed by atoms with Gasteiger partial charge in [0.2, 0.25) is 0 Å². The van der Waals surface area contributed by atoms with Gasteiger partial charge in [-0.2, -0.15) is 9.61 Å². The summed E-state index contributed by atoms with van der Waals surface area (Å²) in [7, 11) is 3.50. The molecule has 1 saturated carbocycles. The largest absolute Gasteiger partial charge is 0.381 e. The van der Waals surface area contributed by atoms with Crippen molar-refractivity contribution in [2.24, 2.45) is 5.92 Å². The first-order valence-electron chi connectivity index (χ1n) is 10.4. The Kier molecular flexibility index (Phi) is 6.17. The van der Waals surface area contributed by atoms with Gasteiger partial charge in [-0.15, -0.1) is 0 Å². The zero-order chi connectivity index (χ0) is 21.8. The Morgan fingerprint density at radius 2 is 2.26 bits per heavy atom. The van der Waals surface area contributed by atoms with Crippen LogP contribution in [0.15, 0.2) is 35.4 Å². The number of amides is 1. The van der Waals surface area contributed by atoms with E-state index in [0.29, 0.717) is 41.0 Å². The Labute approximate surface area is 179 Å². The van der Waals surface area contributed by atoms with Gasteiger partial charge in [0.25, 0.3) is 11.5 Å². The number of anilines is 3. The van der Waals surface area contributed by atoms with Crippen molar-refractivity contribution in [2.75, 3.05) is 31.3 Å². The lowest BCUT2D eigenvalue weighted by atomic mass is 9.87. The van der Waals surface area contributed by atoms with Crippen molar-refractivity contribution in [1.82, 2.24) is 24.9 Å². The lowest BCUT2D eigenvalue weighted by Crippen LogP contribution is -2.33. The third-order valence-electron chi connectivity index (χ3n) is 5.67. The summed E-state index contributed by atoms with van der Waals surface area (Å²) in [6.45, 7) is 0.590. The van der Waals surface area contributed by atoms with Crippen LogP contribution in [0.3, 0.4) is 0 Å². The van der Waals surface area contributed by atoms with Gasteiger partial charge in [-0.05, 0) is 37.3 Å². The quantitative estimate of drug-likeness (QED) is 0.457. The van der Waals surface area contributed by atoms with Crippen molar-refractivity contribution in [3.63, 3.8) is 0 Å². The van der Waals surface area contributed by atoms with Crippen molar-refractivity contribution >= 4 is 28.9 Å². The van der Waals surface area contributed by atoms with Gasteiger partial charge in [0.15, 0.2) is 5.65 Å². The molecule has 3 heterocycles. The molecule has 0 aromatic carbocycles. The maximum absolute atomic E-state index is 12.9. The molecule has 1 aliphatic carbocycles. The summed E-state index contributed by atoms with van der Waals surface area (Å²) in [4.78, 5) is 32.1. The van der Waals surface area contributed by atoms with Crippen LogP contribution in [0.5, 0.6) is 0 Å². The number of H-pyrrole nitrogens is 1. The highest BCUT2D eigenvalue weighted by atomic mass is 16.5. The number of carbonyl (C=O) groups is 1. The number of aromatic nitrogens is 4. The molecule has 31 heavy (non-hydrogen) atoms. The lowest BCUT2D eigenvalue weighted by molar-refractivity contribution is 0.0500. The average Bonchev–Trinajstić information content (AvgIpc) is 3.22. The van der Waals surface area contributed by atoms with E-state index in [4.69, 9.17) is 4.74 Å². The fourth-order valence-electron chi connectivity index (χ4n) is 4.00. The second-order valence-corrected chi connectivity index (χ2v) is 7.71. The molecule has 3 aromatic rings. The minimum atomic E-state index is -0.261. The number of hydrogen-bond donors (Lipinski definition) is 4. The summed E-state index contributed by atoms with van der Waals surface area (Å²) >= 11 is 0. The van der Waals surface area contributed by atoms with Crippen LogP contribution in [0.25, 0.3) is 5.65 Å². The van der Waals surface area contributed by atoms with E-state index < -0.39 is 0 Å². The van der Waals surface area contributed by atoms with Crippen molar-refractivity contribution in [3.8, 4) is 0 Å². The van der Waals surface area contributed by atoms with Crippen LogP contribution in [0.1, 0.15) is 36.0 Å². The summed E-state index contributed by atoms with van der Waals surface area (Å²) in [6.07, 6.45) is 7.55. The summed E-state index contributed by atoms with van der Waals surface area (Å²) < 4.78 is 7.05. The molecule has 0 unspecified atom stereocenters. The van der Waals surface area contributed by atoms with Crippen molar-refractivity contribution < 1.29 is 9.53 Å². The van der Waals surface area contributed by atoms with E-state index in [-0.39, 0.29) is 17.6 Å². The fraction of sp³-hybridized carbons (Fsp3) is 0.429.